The molecule has 2 aromatic rings. The maximum absolute atomic E-state index is 6.80. The van der Waals surface area contributed by atoms with Crippen LogP contribution in [0.1, 0.15) is 74.5 Å². The third-order valence-electron chi connectivity index (χ3n) is 5.85. The van der Waals surface area contributed by atoms with E-state index in [1.54, 1.807) is 0 Å². The summed E-state index contributed by atoms with van der Waals surface area (Å²) < 4.78 is 5.70. The monoisotopic (exact) mass is 418 g/mol. The lowest BCUT2D eigenvalue weighted by atomic mass is 9.83. The summed E-state index contributed by atoms with van der Waals surface area (Å²) in [6.07, 6.45) is 7.18. The number of benzene rings is 2. The zero-order valence-electron chi connectivity index (χ0n) is 17.0. The minimum Gasteiger partial charge on any atom is -0.494 e. The summed E-state index contributed by atoms with van der Waals surface area (Å²) in [6.45, 7) is 4.93. The average molecular weight is 419 g/mol. The molecule has 2 aromatic carbocycles. The van der Waals surface area contributed by atoms with Crippen molar-refractivity contribution in [3.8, 4) is 5.75 Å². The molecule has 3 rings (SSSR count). The maximum Gasteiger partial charge on any atom is 0.119 e. The SMILES string of the molecule is CCCCCCc1ccc(C2C(Cl)CC(Cl)C2c2cccc(OCC)c2)cc1. The van der Waals surface area contributed by atoms with Crippen LogP contribution in [0.5, 0.6) is 5.75 Å². The second-order valence-corrected chi connectivity index (χ2v) is 9.00. The van der Waals surface area contributed by atoms with Gasteiger partial charge in [-0.2, -0.15) is 0 Å². The summed E-state index contributed by atoms with van der Waals surface area (Å²) in [6, 6.07) is 17.4. The molecule has 0 aliphatic heterocycles. The van der Waals surface area contributed by atoms with Crippen molar-refractivity contribution in [1.82, 2.24) is 0 Å². The topological polar surface area (TPSA) is 9.23 Å². The lowest BCUT2D eigenvalue weighted by molar-refractivity contribution is 0.339. The van der Waals surface area contributed by atoms with E-state index in [4.69, 9.17) is 27.9 Å². The first-order chi connectivity index (χ1) is 13.6. The summed E-state index contributed by atoms with van der Waals surface area (Å²) in [5.74, 6) is 1.35. The molecule has 4 atom stereocenters. The molecule has 0 radical (unpaired) electrons. The highest BCUT2D eigenvalue weighted by Crippen LogP contribution is 2.51. The van der Waals surface area contributed by atoms with Crippen molar-refractivity contribution in [2.24, 2.45) is 0 Å². The van der Waals surface area contributed by atoms with Gasteiger partial charge >= 0.3 is 0 Å². The molecule has 0 aromatic heterocycles. The van der Waals surface area contributed by atoms with Gasteiger partial charge in [0.05, 0.1) is 6.61 Å². The highest BCUT2D eigenvalue weighted by Gasteiger charge is 2.43. The average Bonchev–Trinajstić information content (AvgIpc) is 3.00. The van der Waals surface area contributed by atoms with Crippen molar-refractivity contribution in [3.63, 3.8) is 0 Å². The van der Waals surface area contributed by atoms with E-state index in [9.17, 15) is 0 Å². The highest BCUT2D eigenvalue weighted by atomic mass is 35.5. The lowest BCUT2D eigenvalue weighted by Crippen LogP contribution is -2.15. The normalized spacial score (nSPS) is 24.4. The van der Waals surface area contributed by atoms with E-state index in [0.717, 1.165) is 18.6 Å². The quantitative estimate of drug-likeness (QED) is 0.299. The number of halogens is 2. The Labute approximate surface area is 180 Å². The molecule has 0 heterocycles. The Morgan fingerprint density at radius 1 is 0.857 bits per heavy atom. The first kappa shape index (κ1) is 21.5. The molecule has 0 spiro atoms. The molecule has 1 fully saturated rings. The largest absolute Gasteiger partial charge is 0.494 e. The fourth-order valence-corrected chi connectivity index (χ4v) is 5.51. The first-order valence-electron chi connectivity index (χ1n) is 10.7. The number of ether oxygens (including phenoxy) is 1. The Kier molecular flexibility index (Phi) is 8.11. The van der Waals surface area contributed by atoms with E-state index in [1.807, 2.05) is 13.0 Å². The number of rotatable bonds is 9. The van der Waals surface area contributed by atoms with Gasteiger partial charge in [-0.25, -0.2) is 0 Å². The number of alkyl halides is 2. The van der Waals surface area contributed by atoms with Crippen LogP contribution in [0.25, 0.3) is 0 Å². The van der Waals surface area contributed by atoms with Crippen LogP contribution in [-0.2, 0) is 6.42 Å². The molecule has 0 amide bonds. The molecule has 28 heavy (non-hydrogen) atoms. The van der Waals surface area contributed by atoms with Gasteiger partial charge < -0.3 is 4.74 Å². The van der Waals surface area contributed by atoms with Crippen LogP contribution in [-0.4, -0.2) is 17.4 Å². The van der Waals surface area contributed by atoms with Crippen LogP contribution in [0.2, 0.25) is 0 Å². The molecule has 1 nitrogen and oxygen atoms in total. The van der Waals surface area contributed by atoms with Gasteiger partial charge in [0, 0.05) is 22.6 Å². The van der Waals surface area contributed by atoms with Gasteiger partial charge in [-0.15, -0.1) is 23.2 Å². The van der Waals surface area contributed by atoms with Crippen molar-refractivity contribution < 1.29 is 4.74 Å². The number of hydrogen-bond donors (Lipinski definition) is 0. The van der Waals surface area contributed by atoms with Crippen molar-refractivity contribution in [2.45, 2.75) is 75.0 Å². The highest BCUT2D eigenvalue weighted by molar-refractivity contribution is 6.25. The van der Waals surface area contributed by atoms with Crippen molar-refractivity contribution in [3.05, 3.63) is 65.2 Å². The lowest BCUT2D eigenvalue weighted by Gasteiger charge is -2.25. The Balaban J connectivity index is 1.77. The van der Waals surface area contributed by atoms with E-state index >= 15 is 0 Å². The molecule has 1 saturated carbocycles. The van der Waals surface area contributed by atoms with Crippen LogP contribution in [0.15, 0.2) is 48.5 Å². The zero-order valence-corrected chi connectivity index (χ0v) is 18.6. The molecule has 0 N–H and O–H groups in total. The number of unbranched alkanes of at least 4 members (excludes halogenated alkanes) is 3. The van der Waals surface area contributed by atoms with Crippen molar-refractivity contribution in [1.29, 1.82) is 0 Å². The standard InChI is InChI=1S/C25H32Cl2O/c1-3-5-6-7-9-18-12-14-19(15-13-18)24-22(26)17-23(27)25(24)20-10-8-11-21(16-20)28-4-2/h8,10-16,22-25H,3-7,9,17H2,1-2H3. The Bertz CT molecular complexity index is 728. The van der Waals surface area contributed by atoms with Crippen molar-refractivity contribution in [2.75, 3.05) is 6.61 Å². The van der Waals surface area contributed by atoms with Gasteiger partial charge in [-0.3, -0.25) is 0 Å². The van der Waals surface area contributed by atoms with Crippen LogP contribution in [0, 0.1) is 0 Å². The molecule has 1 aliphatic rings. The molecule has 0 saturated heterocycles. The molecular formula is C25H32Cl2O. The summed E-state index contributed by atoms with van der Waals surface area (Å²) in [5.41, 5.74) is 3.94. The summed E-state index contributed by atoms with van der Waals surface area (Å²) in [7, 11) is 0. The number of aryl methyl sites for hydroxylation is 1. The van der Waals surface area contributed by atoms with Gasteiger partial charge in [0.15, 0.2) is 0 Å². The van der Waals surface area contributed by atoms with Gasteiger partial charge in [0.25, 0.3) is 0 Å². The van der Waals surface area contributed by atoms with Crippen LogP contribution >= 0.6 is 23.2 Å². The molecule has 0 bridgehead atoms. The smallest absolute Gasteiger partial charge is 0.119 e. The van der Waals surface area contributed by atoms with E-state index in [-0.39, 0.29) is 22.6 Å². The minimum absolute atomic E-state index is 0.0399. The van der Waals surface area contributed by atoms with Crippen LogP contribution < -0.4 is 4.74 Å². The number of hydrogen-bond acceptors (Lipinski definition) is 1. The van der Waals surface area contributed by atoms with E-state index < -0.39 is 0 Å². The predicted molar refractivity (Wildman–Crippen MR) is 121 cm³/mol. The van der Waals surface area contributed by atoms with Gasteiger partial charge in [0.2, 0.25) is 0 Å². The fraction of sp³-hybridized carbons (Fsp3) is 0.520. The minimum atomic E-state index is 0.0399. The van der Waals surface area contributed by atoms with E-state index in [1.165, 1.54) is 42.4 Å². The van der Waals surface area contributed by atoms with Crippen LogP contribution in [0.4, 0.5) is 0 Å². The first-order valence-corrected chi connectivity index (χ1v) is 11.6. The van der Waals surface area contributed by atoms with Crippen LogP contribution in [0.3, 0.4) is 0 Å². The third-order valence-corrected chi connectivity index (χ3v) is 6.75. The van der Waals surface area contributed by atoms with Gasteiger partial charge in [0.1, 0.15) is 5.75 Å². The molecule has 4 unspecified atom stereocenters. The summed E-state index contributed by atoms with van der Waals surface area (Å²) in [4.78, 5) is 0. The third kappa shape index (κ3) is 5.24. The Morgan fingerprint density at radius 2 is 1.57 bits per heavy atom. The molecule has 1 aliphatic carbocycles. The molecule has 152 valence electrons. The molecule has 3 heteroatoms. The zero-order chi connectivity index (χ0) is 19.9. The van der Waals surface area contributed by atoms with E-state index in [0.29, 0.717) is 6.61 Å². The maximum atomic E-state index is 6.80. The molecular weight excluding hydrogens is 387 g/mol. The Morgan fingerprint density at radius 3 is 2.25 bits per heavy atom. The van der Waals surface area contributed by atoms with Gasteiger partial charge in [-0.1, -0.05) is 62.6 Å². The second-order valence-electron chi connectivity index (χ2n) is 7.88. The van der Waals surface area contributed by atoms with Gasteiger partial charge in [-0.05, 0) is 55.0 Å². The second kappa shape index (κ2) is 10.6. The predicted octanol–water partition coefficient (Wildman–Crippen LogP) is 7.69. The van der Waals surface area contributed by atoms with E-state index in [2.05, 4.69) is 49.4 Å². The van der Waals surface area contributed by atoms with Crippen molar-refractivity contribution >= 4 is 23.2 Å². The summed E-state index contributed by atoms with van der Waals surface area (Å²) >= 11 is 13.6. The fourth-order valence-electron chi connectivity index (χ4n) is 4.43. The summed E-state index contributed by atoms with van der Waals surface area (Å²) in [5, 5.41) is 0.0942. The Hall–Kier alpha value is -1.18.